The number of hydrogen-bond donors (Lipinski definition) is 0. The minimum absolute atomic E-state index is 0.308. The van der Waals surface area contributed by atoms with Gasteiger partial charge in [0.25, 0.3) is 10.0 Å². The smallest absolute Gasteiger partial charge is 0.271 e. The van der Waals surface area contributed by atoms with Gasteiger partial charge in [0.2, 0.25) is 0 Å². The highest BCUT2D eigenvalue weighted by molar-refractivity contribution is 7.90. The monoisotopic (exact) mass is 387 g/mol. The number of piperazine rings is 1. The minimum atomic E-state index is -4.01. The van der Waals surface area contributed by atoms with E-state index in [1.54, 1.807) is 18.3 Å². The largest absolute Gasteiger partial charge is 0.304 e. The Kier molecular flexibility index (Phi) is 4.75. The van der Waals surface area contributed by atoms with Gasteiger partial charge in [0, 0.05) is 44.3 Å². The fourth-order valence-electron chi connectivity index (χ4n) is 3.55. The molecule has 0 saturated carbocycles. The van der Waals surface area contributed by atoms with Gasteiger partial charge >= 0.3 is 0 Å². The number of para-hydroxylation sites is 1. The molecule has 142 valence electrons. The highest BCUT2D eigenvalue weighted by atomic mass is 32.2. The fourth-order valence-corrected chi connectivity index (χ4v) is 5.01. The molecule has 1 aliphatic rings. The van der Waals surface area contributed by atoms with Gasteiger partial charge in [-0.2, -0.15) is 0 Å². The van der Waals surface area contributed by atoms with Crippen LogP contribution in [0.4, 0.5) is 4.39 Å². The first-order valence-corrected chi connectivity index (χ1v) is 10.4. The molecule has 3 aromatic rings. The van der Waals surface area contributed by atoms with Crippen molar-refractivity contribution < 1.29 is 12.8 Å². The average molecular weight is 387 g/mol. The summed E-state index contributed by atoms with van der Waals surface area (Å²) in [6.45, 7) is 4.54. The number of aromatic nitrogens is 1. The molecule has 0 bridgehead atoms. The van der Waals surface area contributed by atoms with E-state index in [1.807, 2.05) is 12.1 Å². The summed E-state index contributed by atoms with van der Waals surface area (Å²) < 4.78 is 41.6. The lowest BCUT2D eigenvalue weighted by Crippen LogP contribution is -2.43. The van der Waals surface area contributed by atoms with Crippen LogP contribution in [-0.2, 0) is 16.6 Å². The molecule has 5 nitrogen and oxygen atoms in total. The molecular weight excluding hydrogens is 365 g/mol. The van der Waals surface area contributed by atoms with E-state index in [0.29, 0.717) is 12.1 Å². The normalized spacial score (nSPS) is 16.8. The molecule has 2 heterocycles. The predicted octanol–water partition coefficient (Wildman–Crippen LogP) is 2.76. The van der Waals surface area contributed by atoms with Gasteiger partial charge in [-0.05, 0) is 30.8 Å². The summed E-state index contributed by atoms with van der Waals surface area (Å²) in [6, 6.07) is 12.9. The van der Waals surface area contributed by atoms with E-state index in [2.05, 4.69) is 16.8 Å². The van der Waals surface area contributed by atoms with E-state index in [1.165, 1.54) is 28.2 Å². The molecule has 27 heavy (non-hydrogen) atoms. The first kappa shape index (κ1) is 18.2. The van der Waals surface area contributed by atoms with E-state index in [9.17, 15) is 12.8 Å². The van der Waals surface area contributed by atoms with Crippen LogP contribution in [0, 0.1) is 5.82 Å². The van der Waals surface area contributed by atoms with Crippen LogP contribution in [0.15, 0.2) is 59.6 Å². The maximum atomic E-state index is 14.2. The SMILES string of the molecule is CN1CCN(Cc2cn(S(=O)(=O)c3ccccc3F)c3ccccc23)CC1. The van der Waals surface area contributed by atoms with Crippen molar-refractivity contribution in [3.63, 3.8) is 0 Å². The third-order valence-electron chi connectivity index (χ3n) is 5.12. The molecule has 1 saturated heterocycles. The molecule has 0 amide bonds. The molecule has 1 fully saturated rings. The summed E-state index contributed by atoms with van der Waals surface area (Å²) in [5.41, 5.74) is 1.51. The quantitative estimate of drug-likeness (QED) is 0.691. The maximum absolute atomic E-state index is 14.2. The standard InChI is InChI=1S/C20H22FN3O2S/c1-22-10-12-23(13-11-22)14-16-15-24(19-8-4-2-6-17(16)19)27(25,26)20-9-5-3-7-18(20)21/h2-9,15H,10-14H2,1H3. The second-order valence-corrected chi connectivity index (χ2v) is 8.77. The minimum Gasteiger partial charge on any atom is -0.304 e. The molecule has 4 rings (SSSR count). The summed E-state index contributed by atoms with van der Waals surface area (Å²) in [4.78, 5) is 4.29. The highest BCUT2D eigenvalue weighted by Gasteiger charge is 2.25. The van der Waals surface area contributed by atoms with Gasteiger partial charge < -0.3 is 4.90 Å². The number of halogens is 1. The Morgan fingerprint density at radius 1 is 0.963 bits per heavy atom. The van der Waals surface area contributed by atoms with Crippen molar-refractivity contribution in [2.24, 2.45) is 0 Å². The first-order valence-electron chi connectivity index (χ1n) is 8.97. The Morgan fingerprint density at radius 3 is 2.37 bits per heavy atom. The van der Waals surface area contributed by atoms with Gasteiger partial charge in [0.05, 0.1) is 5.52 Å². The van der Waals surface area contributed by atoms with Crippen molar-refractivity contribution in [1.29, 1.82) is 0 Å². The van der Waals surface area contributed by atoms with Crippen molar-refractivity contribution in [2.45, 2.75) is 11.4 Å². The molecule has 1 aliphatic heterocycles. The molecule has 0 atom stereocenters. The van der Waals surface area contributed by atoms with Crippen molar-refractivity contribution in [3.8, 4) is 0 Å². The molecular formula is C20H22FN3O2S. The Morgan fingerprint density at radius 2 is 1.63 bits per heavy atom. The van der Waals surface area contributed by atoms with Gasteiger partial charge in [-0.25, -0.2) is 16.8 Å². The van der Waals surface area contributed by atoms with E-state index in [4.69, 9.17) is 0 Å². The van der Waals surface area contributed by atoms with Gasteiger partial charge in [-0.1, -0.05) is 30.3 Å². The number of benzene rings is 2. The Hall–Kier alpha value is -2.22. The lowest BCUT2D eigenvalue weighted by molar-refractivity contribution is 0.148. The van der Waals surface area contributed by atoms with Gasteiger partial charge in [0.1, 0.15) is 10.7 Å². The molecule has 0 aliphatic carbocycles. The Bertz CT molecular complexity index is 1070. The molecule has 1 aromatic heterocycles. The van der Waals surface area contributed by atoms with Crippen LogP contribution < -0.4 is 0 Å². The van der Waals surface area contributed by atoms with Crippen molar-refractivity contribution in [2.75, 3.05) is 33.2 Å². The summed E-state index contributed by atoms with van der Waals surface area (Å²) in [5, 5.41) is 0.886. The zero-order valence-electron chi connectivity index (χ0n) is 15.2. The Labute approximate surface area is 158 Å². The summed E-state index contributed by atoms with van der Waals surface area (Å²) >= 11 is 0. The van der Waals surface area contributed by atoms with Gasteiger partial charge in [-0.3, -0.25) is 4.90 Å². The third kappa shape index (κ3) is 3.38. The molecule has 2 aromatic carbocycles. The zero-order valence-corrected chi connectivity index (χ0v) is 16.0. The van der Waals surface area contributed by atoms with Crippen LogP contribution in [0.25, 0.3) is 10.9 Å². The number of nitrogens with zero attached hydrogens (tertiary/aromatic N) is 3. The lowest BCUT2D eigenvalue weighted by atomic mass is 10.1. The average Bonchev–Trinajstić information content (AvgIpc) is 3.03. The van der Waals surface area contributed by atoms with Crippen molar-refractivity contribution in [1.82, 2.24) is 13.8 Å². The lowest BCUT2D eigenvalue weighted by Gasteiger charge is -2.32. The maximum Gasteiger partial charge on any atom is 0.271 e. The molecule has 0 N–H and O–H groups in total. The number of hydrogen-bond acceptors (Lipinski definition) is 4. The molecule has 7 heteroatoms. The van der Waals surface area contributed by atoms with Gasteiger partial charge in [-0.15, -0.1) is 0 Å². The van der Waals surface area contributed by atoms with E-state index in [0.717, 1.165) is 37.1 Å². The van der Waals surface area contributed by atoms with Crippen LogP contribution in [0.2, 0.25) is 0 Å². The zero-order chi connectivity index (χ0) is 19.0. The van der Waals surface area contributed by atoms with E-state index < -0.39 is 15.8 Å². The third-order valence-corrected chi connectivity index (χ3v) is 6.83. The van der Waals surface area contributed by atoms with Crippen molar-refractivity contribution >= 4 is 20.9 Å². The van der Waals surface area contributed by atoms with Crippen molar-refractivity contribution in [3.05, 3.63) is 66.1 Å². The number of fused-ring (bicyclic) bond motifs is 1. The van der Waals surface area contributed by atoms with Crippen LogP contribution >= 0.6 is 0 Å². The molecule has 0 radical (unpaired) electrons. The van der Waals surface area contributed by atoms with E-state index in [-0.39, 0.29) is 4.90 Å². The number of likely N-dealkylation sites (N-methyl/N-ethyl adjacent to an activating group) is 1. The van der Waals surface area contributed by atoms with Crippen LogP contribution in [-0.4, -0.2) is 55.4 Å². The topological polar surface area (TPSA) is 45.5 Å². The molecule has 0 unspecified atom stereocenters. The second kappa shape index (κ2) is 7.07. The van der Waals surface area contributed by atoms with Crippen LogP contribution in [0.5, 0.6) is 0 Å². The van der Waals surface area contributed by atoms with Gasteiger partial charge in [0.15, 0.2) is 0 Å². The summed E-state index contributed by atoms with van der Waals surface area (Å²) in [7, 11) is -1.91. The van der Waals surface area contributed by atoms with E-state index >= 15 is 0 Å². The van der Waals surface area contributed by atoms with Crippen LogP contribution in [0.3, 0.4) is 0 Å². The first-order chi connectivity index (χ1) is 13.0. The fraction of sp³-hybridized carbons (Fsp3) is 0.300. The number of rotatable bonds is 4. The predicted molar refractivity (Wildman–Crippen MR) is 104 cm³/mol. The van der Waals surface area contributed by atoms with Crippen LogP contribution in [0.1, 0.15) is 5.56 Å². The second-order valence-electron chi connectivity index (χ2n) is 6.98. The molecule has 0 spiro atoms. The Balaban J connectivity index is 1.77. The highest BCUT2D eigenvalue weighted by Crippen LogP contribution is 2.28. The summed E-state index contributed by atoms with van der Waals surface area (Å²) in [5.74, 6) is -0.740. The summed E-state index contributed by atoms with van der Waals surface area (Å²) in [6.07, 6.45) is 1.64.